The van der Waals surface area contributed by atoms with Crippen molar-refractivity contribution < 1.29 is 9.53 Å². The van der Waals surface area contributed by atoms with E-state index in [4.69, 9.17) is 4.74 Å². The zero-order chi connectivity index (χ0) is 12.5. The van der Waals surface area contributed by atoms with Gasteiger partial charge in [-0.25, -0.2) is 4.79 Å². The van der Waals surface area contributed by atoms with Gasteiger partial charge < -0.3 is 20.3 Å². The van der Waals surface area contributed by atoms with Crippen molar-refractivity contribution in [3.63, 3.8) is 0 Å². The molecule has 1 aliphatic rings. The molecule has 0 saturated carbocycles. The second-order valence-electron chi connectivity index (χ2n) is 4.66. The molecule has 0 aromatic carbocycles. The summed E-state index contributed by atoms with van der Waals surface area (Å²) in [7, 11) is 1.63. The smallest absolute Gasteiger partial charge is 0.315 e. The number of ether oxygens (including phenoxy) is 1. The average Bonchev–Trinajstić information content (AvgIpc) is 2.77. The van der Waals surface area contributed by atoms with Gasteiger partial charge in [-0.3, -0.25) is 0 Å². The number of nitrogens with zero attached hydrogens (tertiary/aromatic N) is 1. The van der Waals surface area contributed by atoms with Gasteiger partial charge in [0.05, 0.1) is 12.6 Å². The van der Waals surface area contributed by atoms with Gasteiger partial charge in [0.1, 0.15) is 0 Å². The van der Waals surface area contributed by atoms with Gasteiger partial charge >= 0.3 is 6.03 Å². The molecule has 100 valence electrons. The van der Waals surface area contributed by atoms with Gasteiger partial charge in [0.15, 0.2) is 0 Å². The van der Waals surface area contributed by atoms with Gasteiger partial charge in [-0.1, -0.05) is 0 Å². The molecule has 1 heterocycles. The molecular formula is C12H25N3O2. The summed E-state index contributed by atoms with van der Waals surface area (Å²) in [5.74, 6) is 0. The molecular weight excluding hydrogens is 218 g/mol. The monoisotopic (exact) mass is 243 g/mol. The molecule has 17 heavy (non-hydrogen) atoms. The Bertz CT molecular complexity index is 218. The lowest BCUT2D eigenvalue weighted by atomic mass is 10.3. The third-order valence-electron chi connectivity index (χ3n) is 2.93. The minimum absolute atomic E-state index is 0.0542. The summed E-state index contributed by atoms with van der Waals surface area (Å²) >= 11 is 0. The molecule has 5 nitrogen and oxygen atoms in total. The van der Waals surface area contributed by atoms with E-state index in [1.807, 2.05) is 6.92 Å². The highest BCUT2D eigenvalue weighted by Crippen LogP contribution is 2.06. The standard InChI is InChI=1S/C12H25N3O2/c1-11(10-17-2)14-12(16)13-6-5-9-15-7-3-4-8-15/h11H,3-10H2,1-2H3,(H2,13,14,16). The zero-order valence-corrected chi connectivity index (χ0v) is 11.0. The maximum atomic E-state index is 11.4. The first-order chi connectivity index (χ1) is 8.22. The van der Waals surface area contributed by atoms with E-state index < -0.39 is 0 Å². The minimum Gasteiger partial charge on any atom is -0.383 e. The summed E-state index contributed by atoms with van der Waals surface area (Å²) < 4.78 is 4.95. The number of urea groups is 1. The minimum atomic E-state index is -0.101. The Morgan fingerprint density at radius 1 is 1.41 bits per heavy atom. The summed E-state index contributed by atoms with van der Waals surface area (Å²) in [6.45, 7) is 6.73. The van der Waals surface area contributed by atoms with Crippen LogP contribution in [0.3, 0.4) is 0 Å². The molecule has 1 aliphatic heterocycles. The predicted octanol–water partition coefficient (Wildman–Crippen LogP) is 0.806. The zero-order valence-electron chi connectivity index (χ0n) is 11.0. The molecule has 0 aromatic heterocycles. The highest BCUT2D eigenvalue weighted by Gasteiger charge is 2.10. The molecule has 0 bridgehead atoms. The van der Waals surface area contributed by atoms with Crippen LogP contribution < -0.4 is 10.6 Å². The summed E-state index contributed by atoms with van der Waals surface area (Å²) in [4.78, 5) is 13.9. The van der Waals surface area contributed by atoms with Crippen molar-refractivity contribution in [2.75, 3.05) is 39.9 Å². The van der Waals surface area contributed by atoms with Crippen LogP contribution in [-0.4, -0.2) is 56.9 Å². The number of hydrogen-bond acceptors (Lipinski definition) is 3. The molecule has 1 saturated heterocycles. The quantitative estimate of drug-likeness (QED) is 0.651. The number of methoxy groups -OCH3 is 1. The van der Waals surface area contributed by atoms with Crippen molar-refractivity contribution in [2.24, 2.45) is 0 Å². The highest BCUT2D eigenvalue weighted by atomic mass is 16.5. The SMILES string of the molecule is COCC(C)NC(=O)NCCCN1CCCC1. The fourth-order valence-corrected chi connectivity index (χ4v) is 2.08. The van der Waals surface area contributed by atoms with E-state index in [9.17, 15) is 4.79 Å². The Balaban J connectivity index is 1.95. The first-order valence-corrected chi connectivity index (χ1v) is 6.48. The number of hydrogen-bond donors (Lipinski definition) is 2. The Morgan fingerprint density at radius 3 is 2.76 bits per heavy atom. The van der Waals surface area contributed by atoms with E-state index in [1.165, 1.54) is 25.9 Å². The van der Waals surface area contributed by atoms with Crippen LogP contribution in [0.1, 0.15) is 26.2 Å². The van der Waals surface area contributed by atoms with E-state index in [2.05, 4.69) is 15.5 Å². The summed E-state index contributed by atoms with van der Waals surface area (Å²) in [5.41, 5.74) is 0. The molecule has 0 aliphatic carbocycles. The molecule has 0 aromatic rings. The number of carbonyl (C=O) groups is 1. The third kappa shape index (κ3) is 6.48. The second kappa shape index (κ2) is 8.31. The largest absolute Gasteiger partial charge is 0.383 e. The molecule has 1 unspecified atom stereocenters. The van der Waals surface area contributed by atoms with Crippen LogP contribution in [0.25, 0.3) is 0 Å². The Labute approximate surface area is 104 Å². The van der Waals surface area contributed by atoms with Gasteiger partial charge in [-0.2, -0.15) is 0 Å². The lowest BCUT2D eigenvalue weighted by Gasteiger charge is -2.16. The maximum absolute atomic E-state index is 11.4. The van der Waals surface area contributed by atoms with Gasteiger partial charge in [-0.05, 0) is 45.8 Å². The summed E-state index contributed by atoms with van der Waals surface area (Å²) in [6, 6.07) is -0.0467. The number of likely N-dealkylation sites (tertiary alicyclic amines) is 1. The van der Waals surface area contributed by atoms with Crippen LogP contribution in [-0.2, 0) is 4.74 Å². The fourth-order valence-electron chi connectivity index (χ4n) is 2.08. The van der Waals surface area contributed by atoms with E-state index in [1.54, 1.807) is 7.11 Å². The molecule has 1 rings (SSSR count). The van der Waals surface area contributed by atoms with Crippen molar-refractivity contribution in [1.82, 2.24) is 15.5 Å². The first kappa shape index (κ1) is 14.3. The van der Waals surface area contributed by atoms with Crippen molar-refractivity contribution in [1.29, 1.82) is 0 Å². The van der Waals surface area contributed by atoms with Gasteiger partial charge in [0.25, 0.3) is 0 Å². The van der Waals surface area contributed by atoms with Crippen molar-refractivity contribution in [3.8, 4) is 0 Å². The van der Waals surface area contributed by atoms with Crippen LogP contribution in [0.2, 0.25) is 0 Å². The Hall–Kier alpha value is -0.810. The van der Waals surface area contributed by atoms with Gasteiger partial charge in [-0.15, -0.1) is 0 Å². The second-order valence-corrected chi connectivity index (χ2v) is 4.66. The Kier molecular flexibility index (Phi) is 6.96. The number of rotatable bonds is 7. The van der Waals surface area contributed by atoms with Crippen molar-refractivity contribution in [2.45, 2.75) is 32.2 Å². The molecule has 5 heteroatoms. The number of nitrogens with one attached hydrogen (secondary N) is 2. The summed E-state index contributed by atoms with van der Waals surface area (Å²) in [5, 5.41) is 5.68. The lowest BCUT2D eigenvalue weighted by Crippen LogP contribution is -2.43. The van der Waals surface area contributed by atoms with E-state index in [-0.39, 0.29) is 12.1 Å². The molecule has 2 N–H and O–H groups in total. The molecule has 0 radical (unpaired) electrons. The third-order valence-corrected chi connectivity index (χ3v) is 2.93. The van der Waals surface area contributed by atoms with Crippen LogP contribution in [0, 0.1) is 0 Å². The topological polar surface area (TPSA) is 53.6 Å². The molecule has 1 atom stereocenters. The Morgan fingerprint density at radius 2 is 2.12 bits per heavy atom. The van der Waals surface area contributed by atoms with Crippen LogP contribution in [0.5, 0.6) is 0 Å². The van der Waals surface area contributed by atoms with Crippen molar-refractivity contribution in [3.05, 3.63) is 0 Å². The number of carbonyl (C=O) groups excluding carboxylic acids is 1. The highest BCUT2D eigenvalue weighted by molar-refractivity contribution is 5.74. The van der Waals surface area contributed by atoms with Crippen LogP contribution in [0.4, 0.5) is 4.79 Å². The fraction of sp³-hybridized carbons (Fsp3) is 0.917. The van der Waals surface area contributed by atoms with Crippen LogP contribution >= 0.6 is 0 Å². The van der Waals surface area contributed by atoms with Gasteiger partial charge in [0.2, 0.25) is 0 Å². The number of amides is 2. The summed E-state index contributed by atoms with van der Waals surface area (Å²) in [6.07, 6.45) is 3.66. The molecule has 0 spiro atoms. The maximum Gasteiger partial charge on any atom is 0.315 e. The van der Waals surface area contributed by atoms with E-state index >= 15 is 0 Å². The van der Waals surface area contributed by atoms with Crippen LogP contribution in [0.15, 0.2) is 0 Å². The lowest BCUT2D eigenvalue weighted by molar-refractivity contribution is 0.171. The normalized spacial score (nSPS) is 18.0. The molecule has 2 amide bonds. The molecule has 1 fully saturated rings. The van der Waals surface area contributed by atoms with Crippen molar-refractivity contribution >= 4 is 6.03 Å². The average molecular weight is 243 g/mol. The predicted molar refractivity (Wildman–Crippen MR) is 68.2 cm³/mol. The van der Waals surface area contributed by atoms with Gasteiger partial charge in [0, 0.05) is 13.7 Å². The first-order valence-electron chi connectivity index (χ1n) is 6.48. The van der Waals surface area contributed by atoms with E-state index in [0.29, 0.717) is 6.61 Å². The van der Waals surface area contributed by atoms with E-state index in [0.717, 1.165) is 19.5 Å².